The SMILES string of the molecule is Cc1ccccc1-n1ccnc1SC(C)c1nc(C(C)(C)C)no1. The molecule has 0 fully saturated rings. The summed E-state index contributed by atoms with van der Waals surface area (Å²) in [6.07, 6.45) is 3.79. The van der Waals surface area contributed by atoms with E-state index >= 15 is 0 Å². The van der Waals surface area contributed by atoms with E-state index in [0.717, 1.165) is 16.7 Å². The molecule has 6 heteroatoms. The maximum atomic E-state index is 5.45. The normalized spacial score (nSPS) is 13.2. The summed E-state index contributed by atoms with van der Waals surface area (Å²) in [5.74, 6) is 1.36. The number of hydrogen-bond donors (Lipinski definition) is 0. The average Bonchev–Trinajstić information content (AvgIpc) is 3.16. The molecule has 5 nitrogen and oxygen atoms in total. The van der Waals surface area contributed by atoms with E-state index in [1.165, 1.54) is 5.56 Å². The molecule has 2 heterocycles. The number of aryl methyl sites for hydroxylation is 1. The Morgan fingerprint density at radius 3 is 2.62 bits per heavy atom. The van der Waals surface area contributed by atoms with Gasteiger partial charge in [0.25, 0.3) is 0 Å². The Kier molecular flexibility index (Phi) is 4.49. The van der Waals surface area contributed by atoms with Gasteiger partial charge in [0.1, 0.15) is 0 Å². The summed E-state index contributed by atoms with van der Waals surface area (Å²) in [7, 11) is 0. The minimum Gasteiger partial charge on any atom is -0.338 e. The first kappa shape index (κ1) is 16.8. The molecule has 0 spiro atoms. The fraction of sp³-hybridized carbons (Fsp3) is 0.389. The number of para-hydroxylation sites is 1. The molecule has 0 N–H and O–H groups in total. The molecule has 2 aromatic heterocycles. The molecule has 0 saturated carbocycles. The highest BCUT2D eigenvalue weighted by atomic mass is 32.2. The van der Waals surface area contributed by atoms with E-state index in [9.17, 15) is 0 Å². The second kappa shape index (κ2) is 6.43. The van der Waals surface area contributed by atoms with E-state index in [4.69, 9.17) is 4.52 Å². The van der Waals surface area contributed by atoms with Crippen molar-refractivity contribution in [3.05, 3.63) is 53.9 Å². The van der Waals surface area contributed by atoms with Crippen molar-refractivity contribution in [1.82, 2.24) is 19.7 Å². The molecular formula is C18H22N4OS. The topological polar surface area (TPSA) is 56.7 Å². The number of aromatic nitrogens is 4. The van der Waals surface area contributed by atoms with E-state index in [0.29, 0.717) is 5.89 Å². The molecule has 0 radical (unpaired) electrons. The number of benzene rings is 1. The van der Waals surface area contributed by atoms with Crippen LogP contribution in [0.25, 0.3) is 5.69 Å². The molecule has 1 atom stereocenters. The summed E-state index contributed by atoms with van der Waals surface area (Å²) in [5.41, 5.74) is 2.22. The smallest absolute Gasteiger partial charge is 0.239 e. The van der Waals surface area contributed by atoms with E-state index in [1.54, 1.807) is 11.8 Å². The van der Waals surface area contributed by atoms with Crippen LogP contribution in [-0.2, 0) is 5.41 Å². The molecular weight excluding hydrogens is 320 g/mol. The van der Waals surface area contributed by atoms with Crippen molar-refractivity contribution in [1.29, 1.82) is 0 Å². The third kappa shape index (κ3) is 3.38. The molecule has 3 aromatic rings. The first-order chi connectivity index (χ1) is 11.4. The van der Waals surface area contributed by atoms with Crippen LogP contribution in [0.3, 0.4) is 0 Å². The van der Waals surface area contributed by atoms with Crippen LogP contribution < -0.4 is 0 Å². The van der Waals surface area contributed by atoms with Gasteiger partial charge < -0.3 is 4.52 Å². The average molecular weight is 342 g/mol. The summed E-state index contributed by atoms with van der Waals surface area (Å²) in [6, 6.07) is 8.27. The van der Waals surface area contributed by atoms with Crippen LogP contribution in [0.15, 0.2) is 46.3 Å². The molecule has 126 valence electrons. The Morgan fingerprint density at radius 2 is 1.96 bits per heavy atom. The number of hydrogen-bond acceptors (Lipinski definition) is 5. The maximum absolute atomic E-state index is 5.45. The lowest BCUT2D eigenvalue weighted by Crippen LogP contribution is -2.13. The van der Waals surface area contributed by atoms with Crippen LogP contribution >= 0.6 is 11.8 Å². The zero-order valence-corrected chi connectivity index (χ0v) is 15.5. The van der Waals surface area contributed by atoms with Gasteiger partial charge in [-0.15, -0.1) is 0 Å². The number of thioether (sulfide) groups is 1. The highest BCUT2D eigenvalue weighted by molar-refractivity contribution is 7.99. The van der Waals surface area contributed by atoms with Crippen LogP contribution in [0.4, 0.5) is 0 Å². The van der Waals surface area contributed by atoms with Crippen molar-refractivity contribution < 1.29 is 4.52 Å². The van der Waals surface area contributed by atoms with Crippen LogP contribution in [0.1, 0.15) is 50.2 Å². The standard InChI is InChI=1S/C18H22N4OS/c1-12-8-6-7-9-14(12)22-11-10-19-17(22)24-13(2)15-20-16(21-23-15)18(3,4)5/h6-11,13H,1-5H3. The van der Waals surface area contributed by atoms with Gasteiger partial charge in [0.2, 0.25) is 5.89 Å². The highest BCUT2D eigenvalue weighted by Gasteiger charge is 2.24. The van der Waals surface area contributed by atoms with Crippen LogP contribution in [0, 0.1) is 6.92 Å². The predicted molar refractivity (Wildman–Crippen MR) is 95.6 cm³/mol. The molecule has 1 aromatic carbocycles. The van der Waals surface area contributed by atoms with Gasteiger partial charge in [-0.25, -0.2) is 4.98 Å². The third-order valence-corrected chi connectivity index (χ3v) is 4.79. The Balaban J connectivity index is 1.84. The second-order valence-electron chi connectivity index (χ2n) is 6.83. The largest absolute Gasteiger partial charge is 0.338 e. The minimum absolute atomic E-state index is 0.0266. The number of imidazole rings is 1. The summed E-state index contributed by atoms with van der Waals surface area (Å²) >= 11 is 1.61. The summed E-state index contributed by atoms with van der Waals surface area (Å²) < 4.78 is 7.55. The zero-order valence-electron chi connectivity index (χ0n) is 14.6. The van der Waals surface area contributed by atoms with Crippen molar-refractivity contribution in [2.24, 2.45) is 0 Å². The van der Waals surface area contributed by atoms with E-state index in [1.807, 2.05) is 24.5 Å². The molecule has 0 saturated heterocycles. The second-order valence-corrected chi connectivity index (χ2v) is 8.14. The van der Waals surface area contributed by atoms with Gasteiger partial charge in [-0.3, -0.25) is 4.57 Å². The number of rotatable bonds is 4. The Bertz CT molecular complexity index is 831. The number of nitrogens with zero attached hydrogens (tertiary/aromatic N) is 4. The maximum Gasteiger partial charge on any atom is 0.239 e. The van der Waals surface area contributed by atoms with Crippen molar-refractivity contribution in [2.75, 3.05) is 0 Å². The van der Waals surface area contributed by atoms with Crippen molar-refractivity contribution >= 4 is 11.8 Å². The Hall–Kier alpha value is -2.08. The lowest BCUT2D eigenvalue weighted by atomic mass is 9.96. The summed E-state index contributed by atoms with van der Waals surface area (Å²) in [4.78, 5) is 9.04. The monoisotopic (exact) mass is 342 g/mol. The van der Waals surface area contributed by atoms with Crippen molar-refractivity contribution in [2.45, 2.75) is 50.4 Å². The quantitative estimate of drug-likeness (QED) is 0.642. The molecule has 24 heavy (non-hydrogen) atoms. The fourth-order valence-electron chi connectivity index (χ4n) is 2.31. The van der Waals surface area contributed by atoms with E-state index in [-0.39, 0.29) is 10.7 Å². The highest BCUT2D eigenvalue weighted by Crippen LogP contribution is 2.35. The van der Waals surface area contributed by atoms with Crippen LogP contribution in [0.2, 0.25) is 0 Å². The van der Waals surface area contributed by atoms with Crippen molar-refractivity contribution in [3.63, 3.8) is 0 Å². The van der Waals surface area contributed by atoms with E-state index in [2.05, 4.69) is 66.4 Å². The van der Waals surface area contributed by atoms with Crippen LogP contribution in [0.5, 0.6) is 0 Å². The molecule has 3 rings (SSSR count). The van der Waals surface area contributed by atoms with Gasteiger partial charge in [-0.05, 0) is 25.5 Å². The van der Waals surface area contributed by atoms with Gasteiger partial charge in [0.15, 0.2) is 11.0 Å². The Morgan fingerprint density at radius 1 is 1.21 bits per heavy atom. The van der Waals surface area contributed by atoms with Crippen LogP contribution in [-0.4, -0.2) is 19.7 Å². The predicted octanol–water partition coefficient (Wildman–Crippen LogP) is 4.71. The summed E-state index contributed by atoms with van der Waals surface area (Å²) in [6.45, 7) is 10.4. The first-order valence-corrected chi connectivity index (χ1v) is 8.84. The van der Waals surface area contributed by atoms with Crippen molar-refractivity contribution in [3.8, 4) is 5.69 Å². The van der Waals surface area contributed by atoms with Gasteiger partial charge in [-0.1, -0.05) is 55.9 Å². The van der Waals surface area contributed by atoms with Gasteiger partial charge in [0, 0.05) is 17.8 Å². The fourth-order valence-corrected chi connectivity index (χ4v) is 3.21. The van der Waals surface area contributed by atoms with Gasteiger partial charge >= 0.3 is 0 Å². The molecule has 0 aliphatic heterocycles. The molecule has 0 aliphatic carbocycles. The van der Waals surface area contributed by atoms with Gasteiger partial charge in [-0.2, -0.15) is 4.98 Å². The lowest BCUT2D eigenvalue weighted by molar-refractivity contribution is 0.364. The van der Waals surface area contributed by atoms with E-state index < -0.39 is 0 Å². The summed E-state index contributed by atoms with van der Waals surface area (Å²) in [5, 5.41) is 5.04. The third-order valence-electron chi connectivity index (χ3n) is 3.72. The molecule has 1 unspecified atom stereocenters. The zero-order chi connectivity index (χ0) is 17.3. The minimum atomic E-state index is -0.119. The first-order valence-electron chi connectivity index (χ1n) is 7.96. The molecule has 0 bridgehead atoms. The molecule has 0 amide bonds. The lowest BCUT2D eigenvalue weighted by Gasteiger charge is -2.12. The van der Waals surface area contributed by atoms with Gasteiger partial charge in [0.05, 0.1) is 10.9 Å². The Labute approximate surface area is 146 Å². The molecule has 0 aliphatic rings.